The summed E-state index contributed by atoms with van der Waals surface area (Å²) in [6.45, 7) is 14.3. The SMILES string of the molecule is CCC(=O)OC1C(N2CCCCC2)C[C@H]2[C@@H]3CCC4CC(OC(C)=O)C(N5CCOCC5)C[C@]4(C)[C@@H]3CC[C@]12C. The van der Waals surface area contributed by atoms with Crippen LogP contribution in [0.15, 0.2) is 0 Å². The summed E-state index contributed by atoms with van der Waals surface area (Å²) in [7, 11) is 0. The van der Waals surface area contributed by atoms with Gasteiger partial charge in [0.05, 0.1) is 13.2 Å². The number of carbonyl (C=O) groups is 2. The number of morpholine rings is 1. The van der Waals surface area contributed by atoms with Gasteiger partial charge in [-0.1, -0.05) is 27.2 Å². The van der Waals surface area contributed by atoms with E-state index in [1.807, 2.05) is 6.92 Å². The number of piperidine rings is 1. The number of rotatable bonds is 5. The fraction of sp³-hybridized carbons (Fsp3) is 0.939. The van der Waals surface area contributed by atoms with Crippen molar-refractivity contribution in [2.24, 2.45) is 34.5 Å². The van der Waals surface area contributed by atoms with Crippen LogP contribution in [0.25, 0.3) is 0 Å². The van der Waals surface area contributed by atoms with E-state index in [0.717, 1.165) is 58.7 Å². The molecule has 0 radical (unpaired) electrons. The Morgan fingerprint density at radius 1 is 0.850 bits per heavy atom. The maximum atomic E-state index is 12.7. The van der Waals surface area contributed by atoms with E-state index in [0.29, 0.717) is 36.1 Å². The van der Waals surface area contributed by atoms with E-state index in [2.05, 4.69) is 23.6 Å². The zero-order valence-electron chi connectivity index (χ0n) is 25.6. The molecule has 40 heavy (non-hydrogen) atoms. The predicted octanol–water partition coefficient (Wildman–Crippen LogP) is 5.06. The van der Waals surface area contributed by atoms with Crippen molar-refractivity contribution in [2.45, 2.75) is 123 Å². The molecule has 6 aliphatic rings. The minimum Gasteiger partial charge on any atom is -0.461 e. The Hall–Kier alpha value is -1.18. The van der Waals surface area contributed by atoms with Crippen LogP contribution >= 0.6 is 0 Å². The number of nitrogens with zero attached hydrogens (tertiary/aromatic N) is 2. The van der Waals surface area contributed by atoms with Crippen molar-refractivity contribution in [3.8, 4) is 0 Å². The molecule has 6 fully saturated rings. The first kappa shape index (κ1) is 28.9. The van der Waals surface area contributed by atoms with E-state index in [-0.39, 0.29) is 41.0 Å². The highest BCUT2D eigenvalue weighted by atomic mass is 16.5. The van der Waals surface area contributed by atoms with Crippen LogP contribution in [0.1, 0.15) is 98.3 Å². The third-order valence-electron chi connectivity index (χ3n) is 12.8. The Balaban J connectivity index is 1.27. The summed E-state index contributed by atoms with van der Waals surface area (Å²) in [6.07, 6.45) is 12.5. The molecule has 7 heteroatoms. The second-order valence-corrected chi connectivity index (χ2v) is 14.7. The molecular formula is C33H54N2O5. The minimum absolute atomic E-state index is 0.00752. The number of esters is 2. The van der Waals surface area contributed by atoms with Gasteiger partial charge in [-0.25, -0.2) is 0 Å². The molecule has 0 N–H and O–H groups in total. The fourth-order valence-corrected chi connectivity index (χ4v) is 10.9. The first-order valence-corrected chi connectivity index (χ1v) is 16.7. The summed E-state index contributed by atoms with van der Waals surface area (Å²) in [5, 5.41) is 0. The highest BCUT2D eigenvalue weighted by Gasteiger charge is 2.65. The van der Waals surface area contributed by atoms with E-state index in [9.17, 15) is 9.59 Å². The molecule has 2 saturated heterocycles. The zero-order valence-corrected chi connectivity index (χ0v) is 25.6. The molecular weight excluding hydrogens is 504 g/mol. The third kappa shape index (κ3) is 5.04. The maximum absolute atomic E-state index is 12.7. The minimum atomic E-state index is -0.142. The Kier molecular flexibility index (Phi) is 8.30. The van der Waals surface area contributed by atoms with E-state index < -0.39 is 0 Å². The van der Waals surface area contributed by atoms with Crippen molar-refractivity contribution in [3.63, 3.8) is 0 Å². The first-order chi connectivity index (χ1) is 19.2. The van der Waals surface area contributed by atoms with Crippen molar-refractivity contribution in [1.82, 2.24) is 9.80 Å². The van der Waals surface area contributed by atoms with Crippen molar-refractivity contribution in [1.29, 1.82) is 0 Å². The molecule has 0 bridgehead atoms. The van der Waals surface area contributed by atoms with Gasteiger partial charge < -0.3 is 14.2 Å². The summed E-state index contributed by atoms with van der Waals surface area (Å²) >= 11 is 0. The number of fused-ring (bicyclic) bond motifs is 5. The van der Waals surface area contributed by atoms with E-state index >= 15 is 0 Å². The van der Waals surface area contributed by atoms with Crippen LogP contribution in [-0.2, 0) is 23.8 Å². The van der Waals surface area contributed by atoms with Crippen LogP contribution in [0.4, 0.5) is 0 Å². The van der Waals surface area contributed by atoms with Gasteiger partial charge in [-0.3, -0.25) is 19.4 Å². The van der Waals surface area contributed by atoms with Crippen LogP contribution in [0, 0.1) is 34.5 Å². The van der Waals surface area contributed by atoms with Gasteiger partial charge in [-0.05, 0) is 100.0 Å². The fourth-order valence-electron chi connectivity index (χ4n) is 10.9. The molecule has 4 saturated carbocycles. The van der Waals surface area contributed by atoms with E-state index in [1.54, 1.807) is 6.92 Å². The second-order valence-electron chi connectivity index (χ2n) is 14.7. The van der Waals surface area contributed by atoms with Crippen LogP contribution in [0.2, 0.25) is 0 Å². The lowest BCUT2D eigenvalue weighted by Crippen LogP contribution is -2.61. The summed E-state index contributed by atoms with van der Waals surface area (Å²) < 4.78 is 18.1. The summed E-state index contributed by atoms with van der Waals surface area (Å²) in [5.41, 5.74) is 0.318. The Morgan fingerprint density at radius 2 is 1.57 bits per heavy atom. The van der Waals surface area contributed by atoms with Crippen molar-refractivity contribution in [2.75, 3.05) is 39.4 Å². The highest BCUT2D eigenvalue weighted by Crippen LogP contribution is 2.67. The Morgan fingerprint density at radius 3 is 2.27 bits per heavy atom. The monoisotopic (exact) mass is 558 g/mol. The zero-order chi connectivity index (χ0) is 28.1. The number of likely N-dealkylation sites (tertiary alicyclic amines) is 1. The van der Waals surface area contributed by atoms with E-state index in [1.165, 1.54) is 44.9 Å². The second kappa shape index (κ2) is 11.5. The topological polar surface area (TPSA) is 68.3 Å². The van der Waals surface area contributed by atoms with Crippen LogP contribution in [0.5, 0.6) is 0 Å². The van der Waals surface area contributed by atoms with Gasteiger partial charge in [0.2, 0.25) is 0 Å². The third-order valence-corrected chi connectivity index (χ3v) is 12.8. The first-order valence-electron chi connectivity index (χ1n) is 16.7. The van der Waals surface area contributed by atoms with Gasteiger partial charge in [-0.15, -0.1) is 0 Å². The molecule has 7 nitrogen and oxygen atoms in total. The molecule has 4 aliphatic carbocycles. The molecule has 226 valence electrons. The molecule has 0 spiro atoms. The average molecular weight is 559 g/mol. The molecule has 10 atom stereocenters. The van der Waals surface area contributed by atoms with Crippen LogP contribution < -0.4 is 0 Å². The van der Waals surface area contributed by atoms with Gasteiger partial charge in [0.15, 0.2) is 0 Å². The molecule has 2 heterocycles. The number of carbonyl (C=O) groups excluding carboxylic acids is 2. The maximum Gasteiger partial charge on any atom is 0.305 e. The van der Waals surface area contributed by atoms with Gasteiger partial charge >= 0.3 is 11.9 Å². The quantitative estimate of drug-likeness (QED) is 0.437. The normalized spacial score (nSPS) is 46.1. The van der Waals surface area contributed by atoms with Gasteiger partial charge in [0.1, 0.15) is 12.2 Å². The molecule has 0 amide bonds. The molecule has 0 aromatic heterocycles. The average Bonchev–Trinajstić information content (AvgIpc) is 3.25. The largest absolute Gasteiger partial charge is 0.461 e. The highest BCUT2D eigenvalue weighted by molar-refractivity contribution is 5.69. The summed E-state index contributed by atoms with van der Waals surface area (Å²) in [6, 6.07) is 0.653. The molecule has 5 unspecified atom stereocenters. The lowest BCUT2D eigenvalue weighted by molar-refractivity contribution is -0.182. The Bertz CT molecular complexity index is 932. The number of hydrogen-bond donors (Lipinski definition) is 0. The van der Waals surface area contributed by atoms with Gasteiger partial charge in [-0.2, -0.15) is 0 Å². The van der Waals surface area contributed by atoms with Crippen LogP contribution in [-0.4, -0.2) is 85.4 Å². The Labute approximate surface area is 242 Å². The standard InChI is InChI=1S/C33H54N2O5/c1-5-30(37)40-31-27(34-13-7-6-8-14-34)20-26-24-10-9-23-19-29(39-22(2)36)28(35-15-17-38-18-16-35)21-33(23,4)25(24)11-12-32(26,31)3/h23-29,31H,5-21H2,1-4H3/t23?,24-,25-,26+,27?,28?,29?,31?,32+,33+/m1/s1. The summed E-state index contributed by atoms with van der Waals surface area (Å²) in [4.78, 5) is 30.2. The number of hydrogen-bond acceptors (Lipinski definition) is 7. The predicted molar refractivity (Wildman–Crippen MR) is 154 cm³/mol. The lowest BCUT2D eigenvalue weighted by atomic mass is 9.44. The number of ether oxygens (including phenoxy) is 3. The van der Waals surface area contributed by atoms with Gasteiger partial charge in [0, 0.05) is 43.9 Å². The van der Waals surface area contributed by atoms with Crippen molar-refractivity contribution < 1.29 is 23.8 Å². The molecule has 0 aromatic rings. The van der Waals surface area contributed by atoms with Crippen molar-refractivity contribution >= 4 is 11.9 Å². The van der Waals surface area contributed by atoms with Gasteiger partial charge in [0.25, 0.3) is 0 Å². The lowest BCUT2D eigenvalue weighted by Gasteiger charge is -2.62. The molecule has 6 rings (SSSR count). The molecule has 2 aliphatic heterocycles. The smallest absolute Gasteiger partial charge is 0.305 e. The summed E-state index contributed by atoms with van der Waals surface area (Å²) in [5.74, 6) is 2.42. The van der Waals surface area contributed by atoms with Crippen molar-refractivity contribution in [3.05, 3.63) is 0 Å². The van der Waals surface area contributed by atoms with E-state index in [4.69, 9.17) is 14.2 Å². The molecule has 0 aromatic carbocycles. The van der Waals surface area contributed by atoms with Crippen LogP contribution in [0.3, 0.4) is 0 Å².